The minimum absolute atomic E-state index is 0. The standard InChI is InChI=1S/C13H26N4O2.HI/c1-11(10-19-3)16-13(14-2)15-9-12(18)17-7-5-4-6-8-17;/h11H,4-10H2,1-3H3,(H2,14,15,16);1H. The molecule has 1 aliphatic rings. The zero-order chi connectivity index (χ0) is 14.1. The van der Waals surface area contributed by atoms with Gasteiger partial charge < -0.3 is 20.3 Å². The summed E-state index contributed by atoms with van der Waals surface area (Å²) in [6.45, 7) is 4.65. The number of hydrogen-bond donors (Lipinski definition) is 2. The number of halogens is 1. The lowest BCUT2D eigenvalue weighted by Gasteiger charge is -2.27. The first kappa shape index (κ1) is 19.4. The van der Waals surface area contributed by atoms with E-state index in [9.17, 15) is 4.79 Å². The average molecular weight is 398 g/mol. The van der Waals surface area contributed by atoms with Gasteiger partial charge in [0.05, 0.1) is 13.2 Å². The Morgan fingerprint density at radius 1 is 1.35 bits per heavy atom. The summed E-state index contributed by atoms with van der Waals surface area (Å²) in [4.78, 5) is 18.0. The van der Waals surface area contributed by atoms with Crippen LogP contribution in [0, 0.1) is 0 Å². The maximum Gasteiger partial charge on any atom is 0.241 e. The first-order chi connectivity index (χ1) is 9.17. The average Bonchev–Trinajstić information content (AvgIpc) is 2.44. The fourth-order valence-electron chi connectivity index (χ4n) is 2.13. The van der Waals surface area contributed by atoms with Crippen LogP contribution in [0.4, 0.5) is 0 Å². The smallest absolute Gasteiger partial charge is 0.241 e. The molecule has 1 atom stereocenters. The Balaban J connectivity index is 0.00000361. The van der Waals surface area contributed by atoms with Crippen molar-refractivity contribution in [2.45, 2.75) is 32.2 Å². The second-order valence-electron chi connectivity index (χ2n) is 4.87. The quantitative estimate of drug-likeness (QED) is 0.409. The molecule has 20 heavy (non-hydrogen) atoms. The van der Waals surface area contributed by atoms with Gasteiger partial charge in [-0.15, -0.1) is 24.0 Å². The van der Waals surface area contributed by atoms with E-state index in [0.717, 1.165) is 25.9 Å². The molecule has 1 heterocycles. The van der Waals surface area contributed by atoms with E-state index in [-0.39, 0.29) is 35.9 Å². The fourth-order valence-corrected chi connectivity index (χ4v) is 2.13. The third-order valence-corrected chi connectivity index (χ3v) is 3.14. The number of rotatable bonds is 5. The van der Waals surface area contributed by atoms with Gasteiger partial charge in [-0.25, -0.2) is 0 Å². The van der Waals surface area contributed by atoms with Crippen molar-refractivity contribution in [1.29, 1.82) is 0 Å². The van der Waals surface area contributed by atoms with Gasteiger partial charge in [-0.05, 0) is 26.2 Å². The molecule has 1 unspecified atom stereocenters. The number of nitrogens with one attached hydrogen (secondary N) is 2. The van der Waals surface area contributed by atoms with E-state index in [4.69, 9.17) is 4.74 Å². The van der Waals surface area contributed by atoms with Crippen LogP contribution in [0.5, 0.6) is 0 Å². The number of amides is 1. The molecular formula is C13H27IN4O2. The topological polar surface area (TPSA) is 66.0 Å². The summed E-state index contributed by atoms with van der Waals surface area (Å²) in [5.74, 6) is 0.775. The van der Waals surface area contributed by atoms with Crippen molar-refractivity contribution in [2.75, 3.05) is 40.4 Å². The number of guanidine groups is 1. The van der Waals surface area contributed by atoms with E-state index in [1.54, 1.807) is 14.2 Å². The van der Waals surface area contributed by atoms with E-state index in [0.29, 0.717) is 19.1 Å². The maximum atomic E-state index is 12.0. The first-order valence-corrected chi connectivity index (χ1v) is 6.91. The van der Waals surface area contributed by atoms with Crippen molar-refractivity contribution < 1.29 is 9.53 Å². The van der Waals surface area contributed by atoms with Crippen LogP contribution >= 0.6 is 24.0 Å². The third-order valence-electron chi connectivity index (χ3n) is 3.14. The lowest BCUT2D eigenvalue weighted by molar-refractivity contribution is -0.130. The second kappa shape index (κ2) is 11.1. The molecule has 1 aliphatic heterocycles. The number of carbonyl (C=O) groups excluding carboxylic acids is 1. The zero-order valence-electron chi connectivity index (χ0n) is 12.6. The monoisotopic (exact) mass is 398 g/mol. The molecule has 0 radical (unpaired) electrons. The Labute approximate surface area is 138 Å². The van der Waals surface area contributed by atoms with Crippen LogP contribution in [0.25, 0.3) is 0 Å². The largest absolute Gasteiger partial charge is 0.383 e. The van der Waals surface area contributed by atoms with E-state index in [1.165, 1.54) is 6.42 Å². The molecule has 1 saturated heterocycles. The summed E-state index contributed by atoms with van der Waals surface area (Å²) in [6.07, 6.45) is 3.46. The molecule has 2 N–H and O–H groups in total. The highest BCUT2D eigenvalue weighted by atomic mass is 127. The second-order valence-corrected chi connectivity index (χ2v) is 4.87. The molecule has 0 aromatic rings. The zero-order valence-corrected chi connectivity index (χ0v) is 15.0. The van der Waals surface area contributed by atoms with Crippen LogP contribution in [0.2, 0.25) is 0 Å². The van der Waals surface area contributed by atoms with Gasteiger partial charge in [0.2, 0.25) is 5.91 Å². The van der Waals surface area contributed by atoms with Crippen molar-refractivity contribution in [1.82, 2.24) is 15.5 Å². The molecule has 0 saturated carbocycles. The molecule has 0 spiro atoms. The first-order valence-electron chi connectivity index (χ1n) is 6.91. The predicted octanol–water partition coefficient (Wildman–Crippen LogP) is 0.817. The Morgan fingerprint density at radius 3 is 2.55 bits per heavy atom. The van der Waals surface area contributed by atoms with Crippen molar-refractivity contribution >= 4 is 35.8 Å². The highest BCUT2D eigenvalue weighted by Gasteiger charge is 2.16. The number of piperidine rings is 1. The maximum absolute atomic E-state index is 12.0. The van der Waals surface area contributed by atoms with Crippen molar-refractivity contribution in [2.24, 2.45) is 4.99 Å². The number of ether oxygens (including phenoxy) is 1. The number of aliphatic imine (C=N–C) groups is 1. The van der Waals surface area contributed by atoms with E-state index < -0.39 is 0 Å². The van der Waals surface area contributed by atoms with Gasteiger partial charge in [0, 0.05) is 33.3 Å². The number of hydrogen-bond acceptors (Lipinski definition) is 3. The number of methoxy groups -OCH3 is 1. The van der Waals surface area contributed by atoms with Crippen molar-refractivity contribution in [3.63, 3.8) is 0 Å². The molecule has 1 amide bonds. The summed E-state index contributed by atoms with van der Waals surface area (Å²) in [7, 11) is 3.36. The Morgan fingerprint density at radius 2 is 2.00 bits per heavy atom. The van der Waals surface area contributed by atoms with Gasteiger partial charge in [-0.1, -0.05) is 0 Å². The summed E-state index contributed by atoms with van der Waals surface area (Å²) < 4.78 is 5.05. The molecule has 1 rings (SSSR count). The Hall–Kier alpha value is -0.570. The third kappa shape index (κ3) is 7.28. The van der Waals surface area contributed by atoms with E-state index in [1.807, 2.05) is 11.8 Å². The molecule has 0 aromatic carbocycles. The fraction of sp³-hybridized carbons (Fsp3) is 0.846. The molecule has 6 nitrogen and oxygen atoms in total. The molecular weight excluding hydrogens is 371 g/mol. The lowest BCUT2D eigenvalue weighted by atomic mass is 10.1. The van der Waals surface area contributed by atoms with Gasteiger partial charge >= 0.3 is 0 Å². The lowest BCUT2D eigenvalue weighted by Crippen LogP contribution is -2.48. The van der Waals surface area contributed by atoms with Crippen LogP contribution in [-0.2, 0) is 9.53 Å². The van der Waals surface area contributed by atoms with Gasteiger partial charge in [0.25, 0.3) is 0 Å². The van der Waals surface area contributed by atoms with E-state index in [2.05, 4.69) is 15.6 Å². The Kier molecular flexibility index (Phi) is 10.8. The number of likely N-dealkylation sites (tertiary alicyclic amines) is 1. The van der Waals surface area contributed by atoms with Gasteiger partial charge in [0.1, 0.15) is 0 Å². The SMILES string of the molecule is CN=C(NCC(=O)N1CCCCC1)NC(C)COC.I. The van der Waals surface area contributed by atoms with Crippen molar-refractivity contribution in [3.05, 3.63) is 0 Å². The van der Waals surface area contributed by atoms with Crippen LogP contribution < -0.4 is 10.6 Å². The van der Waals surface area contributed by atoms with Crippen molar-refractivity contribution in [3.8, 4) is 0 Å². The summed E-state index contributed by atoms with van der Waals surface area (Å²) in [5.41, 5.74) is 0. The van der Waals surface area contributed by atoms with Gasteiger partial charge in [-0.2, -0.15) is 0 Å². The number of carbonyl (C=O) groups is 1. The molecule has 118 valence electrons. The molecule has 1 fully saturated rings. The van der Waals surface area contributed by atoms with Crippen LogP contribution in [0.1, 0.15) is 26.2 Å². The highest BCUT2D eigenvalue weighted by molar-refractivity contribution is 14.0. The van der Waals surface area contributed by atoms with Gasteiger partial charge in [-0.3, -0.25) is 9.79 Å². The molecule has 7 heteroatoms. The minimum Gasteiger partial charge on any atom is -0.383 e. The summed E-state index contributed by atoms with van der Waals surface area (Å²) >= 11 is 0. The normalized spacial score (nSPS) is 17.1. The molecule has 0 bridgehead atoms. The van der Waals surface area contributed by atoms with Crippen LogP contribution in [-0.4, -0.2) is 63.2 Å². The molecule has 0 aliphatic carbocycles. The van der Waals surface area contributed by atoms with E-state index >= 15 is 0 Å². The minimum atomic E-state index is 0. The van der Waals surface area contributed by atoms with Gasteiger partial charge in [0.15, 0.2) is 5.96 Å². The summed E-state index contributed by atoms with van der Waals surface area (Å²) in [6, 6.07) is 0.154. The highest BCUT2D eigenvalue weighted by Crippen LogP contribution is 2.08. The summed E-state index contributed by atoms with van der Waals surface area (Å²) in [5, 5.41) is 6.22. The Bertz CT molecular complexity index is 307. The number of nitrogens with zero attached hydrogens (tertiary/aromatic N) is 2. The van der Waals surface area contributed by atoms with Crippen LogP contribution in [0.3, 0.4) is 0 Å². The molecule has 0 aromatic heterocycles. The predicted molar refractivity (Wildman–Crippen MR) is 91.7 cm³/mol. The van der Waals surface area contributed by atoms with Crippen LogP contribution in [0.15, 0.2) is 4.99 Å².